The van der Waals surface area contributed by atoms with Crippen LogP contribution >= 0.6 is 11.3 Å². The molecule has 5 nitrogen and oxygen atoms in total. The summed E-state index contributed by atoms with van der Waals surface area (Å²) in [6.45, 7) is 1.40. The molecule has 0 aliphatic carbocycles. The van der Waals surface area contributed by atoms with Gasteiger partial charge in [-0.05, 0) is 29.3 Å². The monoisotopic (exact) mass is 314 g/mol. The quantitative estimate of drug-likeness (QED) is 0.696. The van der Waals surface area contributed by atoms with E-state index in [1.807, 2.05) is 10.8 Å². The molecule has 3 rings (SSSR count). The molecule has 0 radical (unpaired) electrons. The van der Waals surface area contributed by atoms with Crippen LogP contribution in [0.2, 0.25) is 0 Å². The number of imide groups is 1. The second-order valence-corrected chi connectivity index (χ2v) is 6.03. The number of urea groups is 1. The number of nitrogens with zero attached hydrogens (tertiary/aromatic N) is 1. The molecular weight excluding hydrogens is 300 g/mol. The molecule has 3 amide bonds. The summed E-state index contributed by atoms with van der Waals surface area (Å²) in [5.74, 6) is -0.668. The third-order valence-corrected chi connectivity index (χ3v) is 4.45. The molecule has 1 aliphatic rings. The lowest BCUT2D eigenvalue weighted by Gasteiger charge is -2.20. The first kappa shape index (κ1) is 14.5. The Kier molecular flexibility index (Phi) is 3.54. The van der Waals surface area contributed by atoms with Gasteiger partial charge in [0.2, 0.25) is 0 Å². The minimum absolute atomic E-state index is 0.256. The predicted octanol–water partition coefficient (Wildman–Crippen LogP) is 2.40. The molecule has 0 saturated carbocycles. The second-order valence-electron chi connectivity index (χ2n) is 5.25. The highest BCUT2D eigenvalue weighted by molar-refractivity contribution is 7.08. The van der Waals surface area contributed by atoms with Crippen molar-refractivity contribution in [3.63, 3.8) is 0 Å². The zero-order valence-corrected chi connectivity index (χ0v) is 12.7. The fourth-order valence-corrected chi connectivity index (χ4v) is 3.21. The summed E-state index contributed by atoms with van der Waals surface area (Å²) in [4.78, 5) is 37.9. The number of carbonyl (C=O) groups is 3. The summed E-state index contributed by atoms with van der Waals surface area (Å²) in [6.07, 6.45) is 0. The molecule has 22 heavy (non-hydrogen) atoms. The van der Waals surface area contributed by atoms with Gasteiger partial charge >= 0.3 is 6.03 Å². The van der Waals surface area contributed by atoms with Crippen LogP contribution in [-0.2, 0) is 10.3 Å². The smallest absolute Gasteiger partial charge is 0.319 e. The summed E-state index contributed by atoms with van der Waals surface area (Å²) in [6, 6.07) is 9.88. The van der Waals surface area contributed by atoms with Crippen LogP contribution in [-0.4, -0.2) is 29.2 Å². The van der Waals surface area contributed by atoms with E-state index in [1.165, 1.54) is 11.3 Å². The van der Waals surface area contributed by atoms with Gasteiger partial charge in [-0.25, -0.2) is 4.79 Å². The van der Waals surface area contributed by atoms with Crippen molar-refractivity contribution in [3.8, 4) is 0 Å². The van der Waals surface area contributed by atoms with Crippen molar-refractivity contribution in [2.75, 3.05) is 6.54 Å². The lowest BCUT2D eigenvalue weighted by atomic mass is 9.95. The number of hydrogen-bond acceptors (Lipinski definition) is 4. The highest BCUT2D eigenvalue weighted by Gasteiger charge is 2.49. The van der Waals surface area contributed by atoms with E-state index < -0.39 is 17.5 Å². The third-order valence-electron chi connectivity index (χ3n) is 3.77. The van der Waals surface area contributed by atoms with Gasteiger partial charge in [-0.3, -0.25) is 14.5 Å². The van der Waals surface area contributed by atoms with E-state index in [2.05, 4.69) is 5.32 Å². The number of hydrogen-bond donors (Lipinski definition) is 1. The maximum absolute atomic E-state index is 12.6. The Labute approximate surface area is 131 Å². The van der Waals surface area contributed by atoms with Crippen LogP contribution in [0.3, 0.4) is 0 Å². The van der Waals surface area contributed by atoms with E-state index >= 15 is 0 Å². The van der Waals surface area contributed by atoms with Crippen molar-refractivity contribution in [3.05, 3.63) is 58.3 Å². The van der Waals surface area contributed by atoms with E-state index in [1.54, 1.807) is 43.3 Å². The molecule has 6 heteroatoms. The molecule has 2 heterocycles. The number of rotatable bonds is 4. The molecule has 1 aromatic heterocycles. The number of amides is 3. The van der Waals surface area contributed by atoms with Crippen molar-refractivity contribution < 1.29 is 14.4 Å². The first-order valence-electron chi connectivity index (χ1n) is 6.77. The average Bonchev–Trinajstić information content (AvgIpc) is 3.13. The minimum Gasteiger partial charge on any atom is -0.319 e. The van der Waals surface area contributed by atoms with Gasteiger partial charge in [0.15, 0.2) is 5.78 Å². The summed E-state index contributed by atoms with van der Waals surface area (Å²) in [7, 11) is 0. The maximum atomic E-state index is 12.6. The molecule has 1 atom stereocenters. The Morgan fingerprint density at radius 1 is 1.23 bits per heavy atom. The first-order valence-corrected chi connectivity index (χ1v) is 7.71. The number of ketones is 1. The van der Waals surface area contributed by atoms with Crippen molar-refractivity contribution in [2.24, 2.45) is 0 Å². The number of carbonyl (C=O) groups excluding carboxylic acids is 3. The van der Waals surface area contributed by atoms with E-state index in [0.29, 0.717) is 5.56 Å². The first-order chi connectivity index (χ1) is 10.5. The Morgan fingerprint density at radius 3 is 2.59 bits per heavy atom. The zero-order chi connectivity index (χ0) is 15.7. The van der Waals surface area contributed by atoms with Gasteiger partial charge in [0.05, 0.1) is 6.54 Å². The van der Waals surface area contributed by atoms with Crippen LogP contribution in [0.15, 0.2) is 47.2 Å². The Morgan fingerprint density at radius 2 is 1.95 bits per heavy atom. The van der Waals surface area contributed by atoms with E-state index in [-0.39, 0.29) is 12.3 Å². The van der Waals surface area contributed by atoms with Crippen LogP contribution in [0.4, 0.5) is 4.79 Å². The van der Waals surface area contributed by atoms with Gasteiger partial charge in [-0.15, -0.1) is 0 Å². The molecule has 1 saturated heterocycles. The number of Topliss-reactive ketones (excluding diaryl/α,β-unsaturated/α-hetero) is 1. The predicted molar refractivity (Wildman–Crippen MR) is 82.7 cm³/mol. The van der Waals surface area contributed by atoms with E-state index in [4.69, 9.17) is 0 Å². The SMILES string of the molecule is CC1(c2ccsc2)NC(=O)N(CC(=O)c2ccccc2)C1=O. The van der Waals surface area contributed by atoms with Crippen molar-refractivity contribution in [2.45, 2.75) is 12.5 Å². The summed E-state index contributed by atoms with van der Waals surface area (Å²) in [5.41, 5.74) is 0.103. The van der Waals surface area contributed by atoms with Crippen molar-refractivity contribution in [1.82, 2.24) is 10.2 Å². The topological polar surface area (TPSA) is 66.5 Å². The highest BCUT2D eigenvalue weighted by Crippen LogP contribution is 2.30. The Hall–Kier alpha value is -2.47. The van der Waals surface area contributed by atoms with Gasteiger partial charge < -0.3 is 5.32 Å². The molecule has 1 fully saturated rings. The lowest BCUT2D eigenvalue weighted by molar-refractivity contribution is -0.130. The van der Waals surface area contributed by atoms with E-state index in [9.17, 15) is 14.4 Å². The largest absolute Gasteiger partial charge is 0.325 e. The van der Waals surface area contributed by atoms with Crippen LogP contribution < -0.4 is 5.32 Å². The molecule has 2 aromatic rings. The van der Waals surface area contributed by atoms with E-state index in [0.717, 1.165) is 10.5 Å². The zero-order valence-electron chi connectivity index (χ0n) is 11.9. The standard InChI is InChI=1S/C16H14N2O3S/c1-16(12-7-8-22-10-12)14(20)18(15(21)17-16)9-13(19)11-5-3-2-4-6-11/h2-8,10H,9H2,1H3,(H,17,21). The summed E-state index contributed by atoms with van der Waals surface area (Å²) in [5, 5.41) is 6.35. The van der Waals surface area contributed by atoms with Gasteiger partial charge in [-0.1, -0.05) is 30.3 Å². The molecule has 1 N–H and O–H groups in total. The number of thiophene rings is 1. The number of nitrogens with one attached hydrogen (secondary N) is 1. The minimum atomic E-state index is -1.10. The molecule has 1 aromatic carbocycles. The fraction of sp³-hybridized carbons (Fsp3) is 0.188. The van der Waals surface area contributed by atoms with Gasteiger partial charge in [0, 0.05) is 5.56 Å². The molecular formula is C16H14N2O3S. The van der Waals surface area contributed by atoms with Crippen molar-refractivity contribution in [1.29, 1.82) is 0 Å². The number of benzene rings is 1. The summed E-state index contributed by atoms with van der Waals surface area (Å²) < 4.78 is 0. The van der Waals surface area contributed by atoms with Crippen molar-refractivity contribution >= 4 is 29.1 Å². The van der Waals surface area contributed by atoms with Crippen LogP contribution in [0.1, 0.15) is 22.8 Å². The molecule has 1 unspecified atom stereocenters. The normalized spacial score (nSPS) is 21.0. The lowest BCUT2D eigenvalue weighted by Crippen LogP contribution is -2.41. The Balaban J connectivity index is 1.82. The molecule has 1 aliphatic heterocycles. The van der Waals surface area contributed by atoms with Gasteiger partial charge in [-0.2, -0.15) is 11.3 Å². The van der Waals surface area contributed by atoms with Crippen LogP contribution in [0.5, 0.6) is 0 Å². The van der Waals surface area contributed by atoms with Gasteiger partial charge in [0.1, 0.15) is 5.54 Å². The fourth-order valence-electron chi connectivity index (χ4n) is 2.44. The Bertz CT molecular complexity index is 727. The molecule has 0 spiro atoms. The third kappa shape index (κ3) is 2.31. The van der Waals surface area contributed by atoms with Crippen LogP contribution in [0.25, 0.3) is 0 Å². The second kappa shape index (κ2) is 5.38. The summed E-state index contributed by atoms with van der Waals surface area (Å²) >= 11 is 1.45. The average molecular weight is 314 g/mol. The van der Waals surface area contributed by atoms with Gasteiger partial charge in [0.25, 0.3) is 5.91 Å². The maximum Gasteiger partial charge on any atom is 0.325 e. The molecule has 0 bridgehead atoms. The highest BCUT2D eigenvalue weighted by atomic mass is 32.1. The molecule has 112 valence electrons. The van der Waals surface area contributed by atoms with Crippen LogP contribution in [0, 0.1) is 0 Å².